The van der Waals surface area contributed by atoms with Crippen LogP contribution in [-0.4, -0.2) is 9.28 Å². The molecule has 1 heterocycles. The van der Waals surface area contributed by atoms with Gasteiger partial charge in [0, 0.05) is 6.04 Å². The molecule has 0 bridgehead atoms. The predicted octanol–water partition coefficient (Wildman–Crippen LogP) is 4.28. The van der Waals surface area contributed by atoms with E-state index in [0.29, 0.717) is 0 Å². The van der Waals surface area contributed by atoms with Crippen LogP contribution in [0.25, 0.3) is 0 Å². The first-order valence-corrected chi connectivity index (χ1v) is 8.58. The van der Waals surface area contributed by atoms with Crippen LogP contribution >= 0.6 is 0 Å². The van der Waals surface area contributed by atoms with Crippen molar-refractivity contribution in [1.82, 2.24) is 0 Å². The molecule has 0 spiro atoms. The molecule has 2 nitrogen and oxygen atoms in total. The van der Waals surface area contributed by atoms with E-state index in [2.05, 4.69) is 6.92 Å². The van der Waals surface area contributed by atoms with Crippen LogP contribution in [0.1, 0.15) is 46.5 Å². The van der Waals surface area contributed by atoms with Gasteiger partial charge in [0.25, 0.3) is 0 Å². The second-order valence-electron chi connectivity index (χ2n) is 3.96. The monoisotopic (exact) mass is 252 g/mol. The Morgan fingerprint density at radius 1 is 0.941 bits per heavy atom. The van der Waals surface area contributed by atoms with E-state index in [1.807, 2.05) is 38.1 Å². The van der Waals surface area contributed by atoms with E-state index in [-0.39, 0.29) is 0 Å². The molecule has 0 N–H and O–H groups in total. The molecule has 1 aromatic rings. The summed E-state index contributed by atoms with van der Waals surface area (Å²) in [5, 5.41) is 0. The molecule has 0 amide bonds. The molecule has 0 atom stereocenters. The van der Waals surface area contributed by atoms with Crippen LogP contribution in [-0.2, 0) is 0 Å². The molecule has 0 fully saturated rings. The van der Waals surface area contributed by atoms with Crippen molar-refractivity contribution in [2.75, 3.05) is 0 Å². The normalized spacial score (nSPS) is 13.1. The maximum atomic E-state index is 5.80. The van der Waals surface area contributed by atoms with Crippen molar-refractivity contribution >= 4 is 9.28 Å². The van der Waals surface area contributed by atoms with Crippen LogP contribution in [0.5, 0.6) is 11.5 Å². The summed E-state index contributed by atoms with van der Waals surface area (Å²) in [4.78, 5) is 0. The lowest BCUT2D eigenvalue weighted by Gasteiger charge is -2.06. The van der Waals surface area contributed by atoms with Gasteiger partial charge in [-0.05, 0) is 18.6 Å². The maximum absolute atomic E-state index is 5.80. The fraction of sp³-hybridized carbons (Fsp3) is 0.571. The molecule has 0 saturated carbocycles. The van der Waals surface area contributed by atoms with Crippen LogP contribution in [0.4, 0.5) is 0 Å². The summed E-state index contributed by atoms with van der Waals surface area (Å²) in [6.07, 6.45) is 5.17. The number of para-hydroxylation sites is 2. The Labute approximate surface area is 107 Å². The fourth-order valence-corrected chi connectivity index (χ4v) is 3.67. The van der Waals surface area contributed by atoms with Crippen molar-refractivity contribution in [3.63, 3.8) is 0 Å². The third kappa shape index (κ3) is 4.42. The maximum Gasteiger partial charge on any atom is 0.444 e. The number of hydrogen-bond acceptors (Lipinski definition) is 2. The minimum absolute atomic E-state index is 0.949. The van der Waals surface area contributed by atoms with Gasteiger partial charge in [0.05, 0.1) is 0 Å². The molecule has 0 saturated heterocycles. The van der Waals surface area contributed by atoms with Gasteiger partial charge in [-0.15, -0.1) is 0 Å². The quantitative estimate of drug-likeness (QED) is 0.575. The highest BCUT2D eigenvalue weighted by Crippen LogP contribution is 2.33. The van der Waals surface area contributed by atoms with Gasteiger partial charge < -0.3 is 8.85 Å². The summed E-state index contributed by atoms with van der Waals surface area (Å²) in [7, 11) is -1.41. The molecule has 17 heavy (non-hydrogen) atoms. The highest BCUT2D eigenvalue weighted by molar-refractivity contribution is 6.47. The molecule has 96 valence electrons. The summed E-state index contributed by atoms with van der Waals surface area (Å²) in [6, 6.07) is 9.11. The van der Waals surface area contributed by atoms with Gasteiger partial charge in [0.2, 0.25) is 0 Å². The topological polar surface area (TPSA) is 18.5 Å². The summed E-state index contributed by atoms with van der Waals surface area (Å²) >= 11 is 0. The Kier molecular flexibility index (Phi) is 6.78. The van der Waals surface area contributed by atoms with Crippen molar-refractivity contribution in [3.8, 4) is 11.5 Å². The molecule has 3 heteroatoms. The van der Waals surface area contributed by atoms with Crippen molar-refractivity contribution in [2.45, 2.75) is 52.5 Å². The molecule has 0 unspecified atom stereocenters. The zero-order valence-electron chi connectivity index (χ0n) is 11.2. The average molecular weight is 252 g/mol. The Bertz CT molecular complexity index is 290. The van der Waals surface area contributed by atoms with Crippen molar-refractivity contribution < 1.29 is 8.85 Å². The van der Waals surface area contributed by atoms with Crippen molar-refractivity contribution in [2.24, 2.45) is 0 Å². The largest absolute Gasteiger partial charge is 0.511 e. The minimum Gasteiger partial charge on any atom is -0.511 e. The van der Waals surface area contributed by atoms with E-state index in [9.17, 15) is 0 Å². The SMILES string of the molecule is CC.CCCCCC[SiH]1Oc2ccccc2O1. The van der Waals surface area contributed by atoms with Crippen molar-refractivity contribution in [1.29, 1.82) is 0 Å². The second kappa shape index (κ2) is 8.18. The number of rotatable bonds is 5. The first-order chi connectivity index (χ1) is 8.40. The Morgan fingerprint density at radius 3 is 2.06 bits per heavy atom. The van der Waals surface area contributed by atoms with Gasteiger partial charge in [-0.1, -0.05) is 52.2 Å². The van der Waals surface area contributed by atoms with E-state index >= 15 is 0 Å². The molecule has 1 aromatic carbocycles. The number of benzene rings is 1. The minimum atomic E-state index is -1.41. The summed E-state index contributed by atoms with van der Waals surface area (Å²) < 4.78 is 11.6. The molecule has 2 rings (SSSR count). The standard InChI is InChI=1S/C12H18O2Si.C2H6/c1-2-3-4-7-10-15-13-11-8-5-6-9-12(11)14-15;1-2/h5-6,8-9,15H,2-4,7,10H2,1H3;1-2H3. The Hall–Kier alpha value is -0.963. The number of hydrogen-bond donors (Lipinski definition) is 0. The predicted molar refractivity (Wildman–Crippen MR) is 75.1 cm³/mol. The summed E-state index contributed by atoms with van der Waals surface area (Å²) in [6.45, 7) is 6.23. The molecular weight excluding hydrogens is 228 g/mol. The van der Waals surface area contributed by atoms with E-state index in [0.717, 1.165) is 17.5 Å². The number of fused-ring (bicyclic) bond motifs is 1. The molecular formula is C14H24O2Si. The van der Waals surface area contributed by atoms with E-state index in [1.165, 1.54) is 25.7 Å². The summed E-state index contributed by atoms with van der Waals surface area (Å²) in [5.74, 6) is 1.90. The van der Waals surface area contributed by atoms with Gasteiger partial charge in [-0.25, -0.2) is 0 Å². The smallest absolute Gasteiger partial charge is 0.444 e. The Balaban J connectivity index is 0.000000686. The van der Waals surface area contributed by atoms with Gasteiger partial charge in [0.1, 0.15) is 11.5 Å². The molecule has 0 radical (unpaired) electrons. The lowest BCUT2D eigenvalue weighted by atomic mass is 10.2. The van der Waals surface area contributed by atoms with Crippen LogP contribution in [0.15, 0.2) is 24.3 Å². The van der Waals surface area contributed by atoms with Crippen molar-refractivity contribution in [3.05, 3.63) is 24.3 Å². The van der Waals surface area contributed by atoms with Crippen LogP contribution in [0.3, 0.4) is 0 Å². The molecule has 0 aliphatic carbocycles. The second-order valence-corrected chi connectivity index (χ2v) is 5.87. The van der Waals surface area contributed by atoms with E-state index < -0.39 is 9.28 Å². The van der Waals surface area contributed by atoms with Gasteiger partial charge in [-0.3, -0.25) is 0 Å². The lowest BCUT2D eigenvalue weighted by Crippen LogP contribution is -2.23. The van der Waals surface area contributed by atoms with Gasteiger partial charge in [0.15, 0.2) is 0 Å². The van der Waals surface area contributed by atoms with Crippen LogP contribution < -0.4 is 8.85 Å². The van der Waals surface area contributed by atoms with Crippen LogP contribution in [0.2, 0.25) is 6.04 Å². The highest BCUT2D eigenvalue weighted by Gasteiger charge is 2.25. The molecule has 1 aliphatic rings. The Morgan fingerprint density at radius 2 is 1.53 bits per heavy atom. The fourth-order valence-electron chi connectivity index (χ4n) is 1.81. The number of unbranched alkanes of at least 4 members (excludes halogenated alkanes) is 3. The first-order valence-electron chi connectivity index (χ1n) is 6.82. The molecule has 0 aromatic heterocycles. The lowest BCUT2D eigenvalue weighted by molar-refractivity contribution is 0.489. The van der Waals surface area contributed by atoms with Gasteiger partial charge >= 0.3 is 9.28 Å². The van der Waals surface area contributed by atoms with E-state index in [1.54, 1.807) is 0 Å². The molecule has 1 aliphatic heterocycles. The third-order valence-electron chi connectivity index (χ3n) is 2.66. The highest BCUT2D eigenvalue weighted by atomic mass is 28.3. The van der Waals surface area contributed by atoms with E-state index in [4.69, 9.17) is 8.85 Å². The first kappa shape index (κ1) is 14.1. The van der Waals surface area contributed by atoms with Gasteiger partial charge in [-0.2, -0.15) is 0 Å². The summed E-state index contributed by atoms with van der Waals surface area (Å²) in [5.41, 5.74) is 0. The van der Waals surface area contributed by atoms with Crippen LogP contribution in [0, 0.1) is 0 Å². The zero-order chi connectivity index (χ0) is 12.5. The zero-order valence-corrected chi connectivity index (χ0v) is 12.4. The average Bonchev–Trinajstić information content (AvgIpc) is 2.80. The third-order valence-corrected chi connectivity index (χ3v) is 4.57.